The number of carbonyl (C=O) groups is 1. The molecule has 1 fully saturated rings. The topological polar surface area (TPSA) is 78.6 Å². The number of thiophene rings is 1. The van der Waals surface area contributed by atoms with Crippen LogP contribution in [0.2, 0.25) is 0 Å². The number of amides is 1. The first-order valence-corrected chi connectivity index (χ1v) is 10.7. The molecule has 7 nitrogen and oxygen atoms in total. The molecule has 1 aliphatic heterocycles. The summed E-state index contributed by atoms with van der Waals surface area (Å²) in [6.45, 7) is 5.32. The lowest BCUT2D eigenvalue weighted by Gasteiger charge is -2.34. The van der Waals surface area contributed by atoms with E-state index in [0.29, 0.717) is 25.5 Å². The highest BCUT2D eigenvalue weighted by Crippen LogP contribution is 2.18. The molecule has 1 aliphatic rings. The van der Waals surface area contributed by atoms with Gasteiger partial charge in [-0.3, -0.25) is 14.6 Å². The highest BCUT2D eigenvalue weighted by atomic mass is 32.1. The van der Waals surface area contributed by atoms with Gasteiger partial charge in [-0.15, -0.1) is 11.3 Å². The van der Waals surface area contributed by atoms with Gasteiger partial charge < -0.3 is 10.6 Å². The van der Waals surface area contributed by atoms with Gasteiger partial charge in [-0.25, -0.2) is 9.97 Å². The molecule has 0 bridgehead atoms. The van der Waals surface area contributed by atoms with E-state index in [9.17, 15) is 4.79 Å². The standard InChI is InChI=1S/C21H26N6OS/c1-25(13-16-5-4-12-29-16)20(28)15-27-10-8-26(9-11-27)14-19-23-18-7-3-2-6-17(18)21(22)24-19/h2-7,12H,8-11,13-15H2,1H3,(H2,22,23,24). The molecule has 1 aromatic carbocycles. The Kier molecular flexibility index (Phi) is 6.03. The van der Waals surface area contributed by atoms with Crippen molar-refractivity contribution in [3.05, 3.63) is 52.5 Å². The van der Waals surface area contributed by atoms with Crippen molar-refractivity contribution in [1.82, 2.24) is 24.7 Å². The van der Waals surface area contributed by atoms with Crippen molar-refractivity contribution >= 4 is 34.0 Å². The van der Waals surface area contributed by atoms with E-state index in [0.717, 1.165) is 42.9 Å². The van der Waals surface area contributed by atoms with Gasteiger partial charge in [0.05, 0.1) is 25.2 Å². The number of carbonyl (C=O) groups excluding carboxylic acids is 1. The first kappa shape index (κ1) is 19.8. The molecule has 2 N–H and O–H groups in total. The fourth-order valence-corrected chi connectivity index (χ4v) is 4.32. The lowest BCUT2D eigenvalue weighted by atomic mass is 10.2. The molecule has 1 saturated heterocycles. The van der Waals surface area contributed by atoms with Crippen LogP contribution in [0, 0.1) is 0 Å². The van der Waals surface area contributed by atoms with Crippen molar-refractivity contribution in [3.63, 3.8) is 0 Å². The van der Waals surface area contributed by atoms with Crippen LogP contribution in [0.5, 0.6) is 0 Å². The number of nitrogen functional groups attached to an aromatic ring is 1. The zero-order chi connectivity index (χ0) is 20.2. The second-order valence-corrected chi connectivity index (χ2v) is 8.46. The predicted octanol–water partition coefficient (Wildman–Crippen LogP) is 2.05. The monoisotopic (exact) mass is 410 g/mol. The fourth-order valence-electron chi connectivity index (χ4n) is 3.56. The van der Waals surface area contributed by atoms with Crippen LogP contribution < -0.4 is 5.73 Å². The van der Waals surface area contributed by atoms with Gasteiger partial charge in [-0.05, 0) is 23.6 Å². The number of para-hydroxylation sites is 1. The average Bonchev–Trinajstić information content (AvgIpc) is 3.22. The van der Waals surface area contributed by atoms with Gasteiger partial charge in [0.25, 0.3) is 0 Å². The number of piperazine rings is 1. The number of likely N-dealkylation sites (N-methyl/N-ethyl adjacent to an activating group) is 1. The van der Waals surface area contributed by atoms with Crippen LogP contribution in [0.25, 0.3) is 10.9 Å². The Morgan fingerprint density at radius 1 is 1.10 bits per heavy atom. The number of benzene rings is 1. The molecular formula is C21H26N6OS. The normalized spacial score (nSPS) is 15.6. The first-order chi connectivity index (χ1) is 14.1. The van der Waals surface area contributed by atoms with Crippen LogP contribution in [0.1, 0.15) is 10.7 Å². The minimum atomic E-state index is 0.164. The van der Waals surface area contributed by atoms with E-state index >= 15 is 0 Å². The van der Waals surface area contributed by atoms with Crippen LogP contribution in [0.3, 0.4) is 0 Å². The van der Waals surface area contributed by atoms with Gasteiger partial charge in [0.15, 0.2) is 0 Å². The molecule has 0 atom stereocenters. The van der Waals surface area contributed by atoms with E-state index in [1.807, 2.05) is 47.7 Å². The highest BCUT2D eigenvalue weighted by molar-refractivity contribution is 7.09. The molecule has 0 unspecified atom stereocenters. The molecule has 0 aliphatic carbocycles. The molecule has 0 radical (unpaired) electrons. The molecule has 3 heterocycles. The second kappa shape index (κ2) is 8.86. The van der Waals surface area contributed by atoms with E-state index in [1.165, 1.54) is 4.88 Å². The van der Waals surface area contributed by atoms with Crippen LogP contribution in [0.15, 0.2) is 41.8 Å². The molecule has 29 heavy (non-hydrogen) atoms. The maximum Gasteiger partial charge on any atom is 0.236 e. The molecule has 1 amide bonds. The van der Waals surface area contributed by atoms with Crippen LogP contribution in [-0.2, 0) is 17.9 Å². The number of fused-ring (bicyclic) bond motifs is 1. The number of anilines is 1. The van der Waals surface area contributed by atoms with Crippen LogP contribution in [0.4, 0.5) is 5.82 Å². The maximum absolute atomic E-state index is 12.5. The predicted molar refractivity (Wildman–Crippen MR) is 116 cm³/mol. The summed E-state index contributed by atoms with van der Waals surface area (Å²) in [4.78, 5) is 29.2. The van der Waals surface area contributed by atoms with Crippen molar-refractivity contribution in [1.29, 1.82) is 0 Å². The van der Waals surface area contributed by atoms with Crippen molar-refractivity contribution < 1.29 is 4.79 Å². The summed E-state index contributed by atoms with van der Waals surface area (Å²) < 4.78 is 0. The molecule has 4 rings (SSSR count). The van der Waals surface area contributed by atoms with Gasteiger partial charge in [0, 0.05) is 43.5 Å². The molecule has 2 aromatic heterocycles. The summed E-state index contributed by atoms with van der Waals surface area (Å²) in [5, 5.41) is 2.94. The molecule has 0 spiro atoms. The minimum Gasteiger partial charge on any atom is -0.383 e. The van der Waals surface area contributed by atoms with Gasteiger partial charge in [0.1, 0.15) is 11.6 Å². The van der Waals surface area contributed by atoms with Crippen molar-refractivity contribution in [2.75, 3.05) is 45.5 Å². The summed E-state index contributed by atoms with van der Waals surface area (Å²) in [6.07, 6.45) is 0. The Balaban J connectivity index is 1.28. The van der Waals surface area contributed by atoms with Crippen molar-refractivity contribution in [2.45, 2.75) is 13.1 Å². The van der Waals surface area contributed by atoms with Crippen molar-refractivity contribution in [2.24, 2.45) is 0 Å². The zero-order valence-corrected chi connectivity index (χ0v) is 17.4. The number of aromatic nitrogens is 2. The van der Waals surface area contributed by atoms with Crippen molar-refractivity contribution in [3.8, 4) is 0 Å². The third-order valence-corrected chi connectivity index (χ3v) is 6.13. The molecule has 3 aromatic rings. The summed E-state index contributed by atoms with van der Waals surface area (Å²) in [6, 6.07) is 11.9. The zero-order valence-electron chi connectivity index (χ0n) is 16.6. The summed E-state index contributed by atoms with van der Waals surface area (Å²) >= 11 is 1.68. The van der Waals surface area contributed by atoms with E-state index in [-0.39, 0.29) is 5.91 Å². The third kappa shape index (κ3) is 4.90. The number of rotatable bonds is 6. The number of hydrogen-bond acceptors (Lipinski definition) is 7. The van der Waals surface area contributed by atoms with E-state index in [2.05, 4.69) is 25.8 Å². The summed E-state index contributed by atoms with van der Waals surface area (Å²) in [7, 11) is 1.87. The molecule has 8 heteroatoms. The van der Waals surface area contributed by atoms with Crippen LogP contribution >= 0.6 is 11.3 Å². The Hall–Kier alpha value is -2.55. The van der Waals surface area contributed by atoms with Gasteiger partial charge in [0.2, 0.25) is 5.91 Å². The van der Waals surface area contributed by atoms with E-state index < -0.39 is 0 Å². The average molecular weight is 411 g/mol. The van der Waals surface area contributed by atoms with Crippen LogP contribution in [-0.4, -0.2) is 70.3 Å². The van der Waals surface area contributed by atoms with E-state index in [4.69, 9.17) is 5.73 Å². The largest absolute Gasteiger partial charge is 0.383 e. The number of hydrogen-bond donors (Lipinski definition) is 1. The molecule has 0 saturated carbocycles. The number of nitrogens with two attached hydrogens (primary N) is 1. The first-order valence-electron chi connectivity index (χ1n) is 9.80. The Morgan fingerprint density at radius 3 is 2.62 bits per heavy atom. The Labute approximate surface area is 174 Å². The SMILES string of the molecule is CN(Cc1cccs1)C(=O)CN1CCN(Cc2nc(N)c3ccccc3n2)CC1. The molecular weight excluding hydrogens is 384 g/mol. The fraction of sp³-hybridized carbons (Fsp3) is 0.381. The van der Waals surface area contributed by atoms with Gasteiger partial charge in [-0.2, -0.15) is 0 Å². The Morgan fingerprint density at radius 2 is 1.86 bits per heavy atom. The van der Waals surface area contributed by atoms with Gasteiger partial charge in [-0.1, -0.05) is 18.2 Å². The maximum atomic E-state index is 12.5. The highest BCUT2D eigenvalue weighted by Gasteiger charge is 2.21. The second-order valence-electron chi connectivity index (χ2n) is 7.42. The van der Waals surface area contributed by atoms with Gasteiger partial charge >= 0.3 is 0 Å². The lowest BCUT2D eigenvalue weighted by Crippen LogP contribution is -2.49. The Bertz CT molecular complexity index is 968. The lowest BCUT2D eigenvalue weighted by molar-refractivity contribution is -0.132. The third-order valence-electron chi connectivity index (χ3n) is 5.27. The smallest absolute Gasteiger partial charge is 0.236 e. The quantitative estimate of drug-likeness (QED) is 0.670. The summed E-state index contributed by atoms with van der Waals surface area (Å²) in [5.74, 6) is 1.45. The number of nitrogens with zero attached hydrogens (tertiary/aromatic N) is 5. The summed E-state index contributed by atoms with van der Waals surface area (Å²) in [5.41, 5.74) is 6.98. The van der Waals surface area contributed by atoms with E-state index in [1.54, 1.807) is 11.3 Å². The molecule has 152 valence electrons. The minimum absolute atomic E-state index is 0.164.